The summed E-state index contributed by atoms with van der Waals surface area (Å²) < 4.78 is 0. The molecule has 0 aromatic carbocycles. The van der Waals surface area contributed by atoms with Gasteiger partial charge in [0, 0.05) is 5.54 Å². The summed E-state index contributed by atoms with van der Waals surface area (Å²) in [6, 6.07) is -2.17. The van der Waals surface area contributed by atoms with Crippen molar-refractivity contribution in [3.8, 4) is 0 Å². The Morgan fingerprint density at radius 3 is 1.88 bits per heavy atom. The minimum Gasteiger partial charge on any atom is -0.480 e. The summed E-state index contributed by atoms with van der Waals surface area (Å²) in [6.45, 7) is 10.9. The second-order valence-electron chi connectivity index (χ2n) is 9.37. The van der Waals surface area contributed by atoms with Crippen molar-refractivity contribution in [1.82, 2.24) is 16.0 Å². The Morgan fingerprint density at radius 1 is 0.923 bits per heavy atom. The molecule has 4 N–H and O–H groups in total. The zero-order valence-electron chi connectivity index (χ0n) is 16.9. The highest BCUT2D eigenvalue weighted by molar-refractivity contribution is 5.90. The van der Waals surface area contributed by atoms with Gasteiger partial charge in [-0.25, -0.2) is 9.59 Å². The van der Waals surface area contributed by atoms with Crippen molar-refractivity contribution >= 4 is 17.9 Å². The lowest BCUT2D eigenvalue weighted by molar-refractivity contribution is -0.145. The van der Waals surface area contributed by atoms with E-state index < -0.39 is 40.9 Å². The molecule has 0 spiro atoms. The fraction of sp³-hybridized carbons (Fsp3) is 0.842. The van der Waals surface area contributed by atoms with Crippen molar-refractivity contribution in [1.29, 1.82) is 0 Å². The Hall–Kier alpha value is -1.79. The summed E-state index contributed by atoms with van der Waals surface area (Å²) >= 11 is 0. The number of carboxylic acids is 1. The third-order valence-corrected chi connectivity index (χ3v) is 4.58. The summed E-state index contributed by atoms with van der Waals surface area (Å²) in [7, 11) is 0. The van der Waals surface area contributed by atoms with Crippen LogP contribution in [-0.2, 0) is 9.59 Å². The minimum atomic E-state index is -1.08. The number of nitrogens with one attached hydrogen (secondary N) is 3. The van der Waals surface area contributed by atoms with E-state index in [4.69, 9.17) is 0 Å². The molecule has 0 aromatic rings. The van der Waals surface area contributed by atoms with Crippen LogP contribution in [0.5, 0.6) is 0 Å². The Labute approximate surface area is 156 Å². The predicted molar refractivity (Wildman–Crippen MR) is 101 cm³/mol. The van der Waals surface area contributed by atoms with E-state index in [0.29, 0.717) is 0 Å². The first-order valence-electron chi connectivity index (χ1n) is 9.43. The maximum absolute atomic E-state index is 12.9. The van der Waals surface area contributed by atoms with Crippen molar-refractivity contribution in [2.24, 2.45) is 11.3 Å². The molecule has 1 aliphatic rings. The lowest BCUT2D eigenvalue weighted by atomic mass is 9.82. The van der Waals surface area contributed by atoms with Gasteiger partial charge in [-0.3, -0.25) is 4.79 Å². The largest absolute Gasteiger partial charge is 0.480 e. The van der Waals surface area contributed by atoms with E-state index in [9.17, 15) is 19.5 Å². The van der Waals surface area contributed by atoms with Gasteiger partial charge in [0.2, 0.25) is 5.91 Å². The smallest absolute Gasteiger partial charge is 0.326 e. The van der Waals surface area contributed by atoms with E-state index in [1.807, 2.05) is 20.8 Å². The van der Waals surface area contributed by atoms with E-state index in [-0.39, 0.29) is 5.92 Å². The van der Waals surface area contributed by atoms with Crippen LogP contribution in [0.4, 0.5) is 4.79 Å². The molecule has 0 aliphatic heterocycles. The zero-order valence-corrected chi connectivity index (χ0v) is 16.9. The number of carboxylic acid groups (broad SMARTS) is 1. The van der Waals surface area contributed by atoms with Crippen molar-refractivity contribution < 1.29 is 19.5 Å². The van der Waals surface area contributed by atoms with Gasteiger partial charge in [-0.05, 0) is 44.9 Å². The van der Waals surface area contributed by atoms with Crippen LogP contribution in [0.25, 0.3) is 0 Å². The molecule has 0 heterocycles. The average Bonchev–Trinajstić information content (AvgIpc) is 2.47. The minimum absolute atomic E-state index is 0.0175. The Morgan fingerprint density at radius 2 is 1.46 bits per heavy atom. The number of hydrogen-bond acceptors (Lipinski definition) is 3. The van der Waals surface area contributed by atoms with Crippen LogP contribution in [-0.4, -0.2) is 40.6 Å². The molecular formula is C19H35N3O4. The quantitative estimate of drug-likeness (QED) is 0.597. The summed E-state index contributed by atoms with van der Waals surface area (Å²) in [5.74, 6) is -1.49. The molecule has 2 atom stereocenters. The fourth-order valence-corrected chi connectivity index (χ4v) is 3.26. The Kier molecular flexibility index (Phi) is 7.47. The number of hydrogen-bond donors (Lipinski definition) is 4. The summed E-state index contributed by atoms with van der Waals surface area (Å²) in [6.07, 6.45) is 4.85. The van der Waals surface area contributed by atoms with Crippen molar-refractivity contribution in [3.05, 3.63) is 0 Å². The van der Waals surface area contributed by atoms with Crippen molar-refractivity contribution in [2.45, 2.75) is 91.3 Å². The highest BCUT2D eigenvalue weighted by Gasteiger charge is 2.37. The molecule has 150 valence electrons. The molecule has 3 amide bonds. The molecule has 2 unspecified atom stereocenters. The van der Waals surface area contributed by atoms with Gasteiger partial charge in [-0.2, -0.15) is 0 Å². The topological polar surface area (TPSA) is 108 Å². The maximum Gasteiger partial charge on any atom is 0.326 e. The molecule has 7 heteroatoms. The van der Waals surface area contributed by atoms with Gasteiger partial charge in [0.25, 0.3) is 0 Å². The molecule has 0 radical (unpaired) electrons. The van der Waals surface area contributed by atoms with Gasteiger partial charge < -0.3 is 21.1 Å². The molecule has 7 nitrogen and oxygen atoms in total. The molecule has 1 rings (SSSR count). The van der Waals surface area contributed by atoms with E-state index in [0.717, 1.165) is 32.1 Å². The van der Waals surface area contributed by atoms with Crippen LogP contribution < -0.4 is 16.0 Å². The van der Waals surface area contributed by atoms with Crippen LogP contribution in [0, 0.1) is 11.3 Å². The summed E-state index contributed by atoms with van der Waals surface area (Å²) in [5.41, 5.74) is -1.06. The number of carbonyl (C=O) groups excluding carboxylic acids is 2. The fourth-order valence-electron chi connectivity index (χ4n) is 3.26. The standard InChI is InChI=1S/C19H35N3O4/c1-18(2,3)14(16(24)25)21-15(23)13(12-10-8-7-9-11-12)20-17(26)22-19(4,5)6/h12-14H,7-11H2,1-6H3,(H,21,23)(H,24,25)(H2,20,22,26). The van der Waals surface area contributed by atoms with Crippen LogP contribution in [0.15, 0.2) is 0 Å². The Bertz CT molecular complexity index is 514. The first kappa shape index (κ1) is 22.3. The van der Waals surface area contributed by atoms with E-state index >= 15 is 0 Å². The molecule has 1 fully saturated rings. The van der Waals surface area contributed by atoms with Crippen LogP contribution >= 0.6 is 0 Å². The first-order chi connectivity index (χ1) is 11.8. The van der Waals surface area contributed by atoms with E-state index in [2.05, 4.69) is 16.0 Å². The van der Waals surface area contributed by atoms with Crippen molar-refractivity contribution in [3.63, 3.8) is 0 Å². The van der Waals surface area contributed by atoms with Gasteiger partial charge in [0.15, 0.2) is 0 Å². The monoisotopic (exact) mass is 369 g/mol. The van der Waals surface area contributed by atoms with Crippen LogP contribution in [0.3, 0.4) is 0 Å². The second kappa shape index (κ2) is 8.73. The molecule has 26 heavy (non-hydrogen) atoms. The lowest BCUT2D eigenvalue weighted by Crippen LogP contribution is -2.60. The zero-order chi connectivity index (χ0) is 20.1. The number of rotatable bonds is 5. The Balaban J connectivity index is 2.93. The average molecular weight is 370 g/mol. The van der Waals surface area contributed by atoms with Gasteiger partial charge >= 0.3 is 12.0 Å². The highest BCUT2D eigenvalue weighted by atomic mass is 16.4. The molecule has 1 aliphatic carbocycles. The van der Waals surface area contributed by atoms with Crippen molar-refractivity contribution in [2.75, 3.05) is 0 Å². The van der Waals surface area contributed by atoms with Gasteiger partial charge in [0.05, 0.1) is 0 Å². The summed E-state index contributed by atoms with van der Waals surface area (Å²) in [5, 5.41) is 17.7. The van der Waals surface area contributed by atoms with Crippen LogP contribution in [0.1, 0.15) is 73.6 Å². The molecular weight excluding hydrogens is 334 g/mol. The maximum atomic E-state index is 12.9. The second-order valence-corrected chi connectivity index (χ2v) is 9.37. The number of aliphatic carboxylic acids is 1. The first-order valence-corrected chi connectivity index (χ1v) is 9.43. The third-order valence-electron chi connectivity index (χ3n) is 4.58. The van der Waals surface area contributed by atoms with Gasteiger partial charge in [-0.1, -0.05) is 40.0 Å². The summed E-state index contributed by atoms with van der Waals surface area (Å²) in [4.78, 5) is 36.8. The number of amides is 3. The molecule has 0 bridgehead atoms. The van der Waals surface area contributed by atoms with E-state index in [1.54, 1.807) is 20.8 Å². The van der Waals surface area contributed by atoms with E-state index in [1.165, 1.54) is 0 Å². The predicted octanol–water partition coefficient (Wildman–Crippen LogP) is 2.65. The highest BCUT2D eigenvalue weighted by Crippen LogP contribution is 2.27. The molecule has 0 aromatic heterocycles. The molecule has 0 saturated heterocycles. The molecule has 1 saturated carbocycles. The number of urea groups is 1. The third kappa shape index (κ3) is 7.22. The van der Waals surface area contributed by atoms with Crippen LogP contribution in [0.2, 0.25) is 0 Å². The number of carbonyl (C=O) groups is 3. The van der Waals surface area contributed by atoms with Gasteiger partial charge in [-0.15, -0.1) is 0 Å². The SMILES string of the molecule is CC(C)(C)NC(=O)NC(C(=O)NC(C(=O)O)C(C)(C)C)C1CCCCC1. The van der Waals surface area contributed by atoms with Gasteiger partial charge in [0.1, 0.15) is 12.1 Å². The lowest BCUT2D eigenvalue weighted by Gasteiger charge is -2.34. The normalized spacial score (nSPS) is 18.5.